The van der Waals surface area contributed by atoms with Crippen LogP contribution in [0.3, 0.4) is 0 Å². The molecule has 0 atom stereocenters. The molecule has 1 spiro atoms. The summed E-state index contributed by atoms with van der Waals surface area (Å²) >= 11 is 6.05. The Morgan fingerprint density at radius 2 is 1.80 bits per heavy atom. The molecule has 25 heavy (non-hydrogen) atoms. The molecule has 5 rings (SSSR count). The van der Waals surface area contributed by atoms with E-state index in [-0.39, 0.29) is 10.7 Å². The predicted molar refractivity (Wildman–Crippen MR) is 97.9 cm³/mol. The molecule has 0 N–H and O–H groups in total. The van der Waals surface area contributed by atoms with E-state index < -0.39 is 0 Å². The third kappa shape index (κ3) is 2.53. The lowest BCUT2D eigenvalue weighted by atomic mass is 10.0. The third-order valence-corrected chi connectivity index (χ3v) is 5.17. The van der Waals surface area contributed by atoms with Crippen LogP contribution in [0.4, 0.5) is 11.5 Å². The Hall–Kier alpha value is -2.59. The molecule has 5 heteroatoms. The first-order chi connectivity index (χ1) is 12.2. The van der Waals surface area contributed by atoms with Gasteiger partial charge in [-0.15, -0.1) is 0 Å². The van der Waals surface area contributed by atoms with Crippen LogP contribution in [0, 0.1) is 0 Å². The maximum absolute atomic E-state index is 6.05. The fraction of sp³-hybridized carbons (Fsp3) is 0.200. The van der Waals surface area contributed by atoms with Crippen molar-refractivity contribution in [2.45, 2.75) is 18.3 Å². The van der Waals surface area contributed by atoms with E-state index in [1.165, 1.54) is 18.4 Å². The Labute approximate surface area is 151 Å². The van der Waals surface area contributed by atoms with Crippen molar-refractivity contribution in [3.05, 3.63) is 71.6 Å². The monoisotopic (exact) mass is 349 g/mol. The number of aromatic nitrogens is 2. The number of para-hydroxylation sites is 1. The fourth-order valence-corrected chi connectivity index (χ4v) is 3.65. The molecule has 1 aliphatic heterocycles. The van der Waals surface area contributed by atoms with Gasteiger partial charge in [-0.2, -0.15) is 4.98 Å². The van der Waals surface area contributed by atoms with Gasteiger partial charge >= 0.3 is 0 Å². The second-order valence-electron chi connectivity index (χ2n) is 6.66. The molecule has 2 aliphatic rings. The molecule has 124 valence electrons. The van der Waals surface area contributed by atoms with Gasteiger partial charge in [-0.1, -0.05) is 24.3 Å². The average Bonchev–Trinajstić information content (AvgIpc) is 3.34. The zero-order chi connectivity index (χ0) is 16.9. The third-order valence-electron chi connectivity index (χ3n) is 4.99. The van der Waals surface area contributed by atoms with Crippen molar-refractivity contribution >= 4 is 23.1 Å². The van der Waals surface area contributed by atoms with E-state index >= 15 is 0 Å². The zero-order valence-electron chi connectivity index (χ0n) is 13.5. The number of nitrogens with zero attached hydrogens (tertiary/aromatic N) is 3. The smallest absolute Gasteiger partial charge is 0.224 e. The number of hydrogen-bond donors (Lipinski definition) is 0. The first kappa shape index (κ1) is 14.7. The number of fused-ring (bicyclic) bond motifs is 2. The lowest BCUT2D eigenvalue weighted by Gasteiger charge is -2.20. The lowest BCUT2D eigenvalue weighted by Crippen LogP contribution is -2.19. The van der Waals surface area contributed by atoms with E-state index in [2.05, 4.69) is 20.9 Å². The van der Waals surface area contributed by atoms with E-state index in [1.807, 2.05) is 54.7 Å². The standard InChI is InChI=1S/C20H16ClN3O/c21-19-22-12-17-18(23-19)24(13-20(17)9-10-20)14-5-4-8-16(11-14)25-15-6-2-1-3-7-15/h1-8,11-12H,9-10,13H2. The number of ether oxygens (including phenoxy) is 1. The minimum Gasteiger partial charge on any atom is -0.457 e. The first-order valence-electron chi connectivity index (χ1n) is 8.37. The molecular weight excluding hydrogens is 334 g/mol. The summed E-state index contributed by atoms with van der Waals surface area (Å²) in [5.41, 5.74) is 2.48. The molecule has 0 unspecified atom stereocenters. The first-order valence-corrected chi connectivity index (χ1v) is 8.75. The van der Waals surface area contributed by atoms with Crippen molar-refractivity contribution in [1.29, 1.82) is 0 Å². The number of hydrogen-bond acceptors (Lipinski definition) is 4. The molecule has 1 aliphatic carbocycles. The SMILES string of the molecule is Clc1ncc2c(n1)N(c1cccc(Oc3ccccc3)c1)CC21CC1. The number of benzene rings is 2. The maximum atomic E-state index is 6.05. The average molecular weight is 350 g/mol. The highest BCUT2D eigenvalue weighted by molar-refractivity contribution is 6.28. The second-order valence-corrected chi connectivity index (χ2v) is 6.99. The van der Waals surface area contributed by atoms with Crippen molar-refractivity contribution in [3.8, 4) is 11.5 Å². The highest BCUT2D eigenvalue weighted by atomic mass is 35.5. The topological polar surface area (TPSA) is 38.2 Å². The van der Waals surface area contributed by atoms with Crippen LogP contribution in [0.5, 0.6) is 11.5 Å². The summed E-state index contributed by atoms with van der Waals surface area (Å²) in [4.78, 5) is 10.9. The quantitative estimate of drug-likeness (QED) is 0.616. The Morgan fingerprint density at radius 3 is 2.60 bits per heavy atom. The number of anilines is 2. The molecule has 4 nitrogen and oxygen atoms in total. The summed E-state index contributed by atoms with van der Waals surface area (Å²) in [5, 5.41) is 0.290. The van der Waals surface area contributed by atoms with Gasteiger partial charge < -0.3 is 9.64 Å². The maximum Gasteiger partial charge on any atom is 0.224 e. The van der Waals surface area contributed by atoms with Gasteiger partial charge in [0.1, 0.15) is 17.3 Å². The Morgan fingerprint density at radius 1 is 1.00 bits per heavy atom. The van der Waals surface area contributed by atoms with E-state index in [9.17, 15) is 0 Å². The van der Waals surface area contributed by atoms with Crippen LogP contribution in [0.2, 0.25) is 5.28 Å². The van der Waals surface area contributed by atoms with Crippen molar-refractivity contribution in [2.24, 2.45) is 0 Å². The van der Waals surface area contributed by atoms with Crippen molar-refractivity contribution < 1.29 is 4.74 Å². The van der Waals surface area contributed by atoms with Gasteiger partial charge in [-0.3, -0.25) is 0 Å². The van der Waals surface area contributed by atoms with Gasteiger partial charge in [0, 0.05) is 35.5 Å². The number of rotatable bonds is 3. The minimum absolute atomic E-state index is 0.205. The van der Waals surface area contributed by atoms with Gasteiger partial charge in [-0.25, -0.2) is 4.98 Å². The summed E-state index contributed by atoms with van der Waals surface area (Å²) < 4.78 is 5.97. The molecule has 3 aromatic rings. The molecule has 2 heterocycles. The summed E-state index contributed by atoms with van der Waals surface area (Å²) in [5.74, 6) is 2.56. The molecule has 0 bridgehead atoms. The van der Waals surface area contributed by atoms with Crippen LogP contribution in [-0.2, 0) is 5.41 Å². The van der Waals surface area contributed by atoms with Crippen LogP contribution >= 0.6 is 11.6 Å². The predicted octanol–water partition coefficient (Wildman–Crippen LogP) is 5.11. The number of halogens is 1. The highest BCUT2D eigenvalue weighted by Gasteiger charge is 2.53. The Balaban J connectivity index is 1.51. The Bertz CT molecular complexity index is 941. The van der Waals surface area contributed by atoms with Gasteiger partial charge in [0.05, 0.1) is 0 Å². The fourth-order valence-electron chi connectivity index (χ4n) is 3.53. The minimum atomic E-state index is 0.205. The van der Waals surface area contributed by atoms with Crippen LogP contribution in [0.15, 0.2) is 60.8 Å². The van der Waals surface area contributed by atoms with Crippen molar-refractivity contribution in [1.82, 2.24) is 9.97 Å². The molecule has 2 aromatic carbocycles. The lowest BCUT2D eigenvalue weighted by molar-refractivity contribution is 0.482. The van der Waals surface area contributed by atoms with Crippen molar-refractivity contribution in [3.63, 3.8) is 0 Å². The summed E-state index contributed by atoms with van der Waals surface area (Å²) in [6, 6.07) is 17.9. The van der Waals surface area contributed by atoms with E-state index in [4.69, 9.17) is 16.3 Å². The van der Waals surface area contributed by atoms with Crippen LogP contribution in [0.1, 0.15) is 18.4 Å². The normalized spacial score (nSPS) is 16.8. The van der Waals surface area contributed by atoms with Crippen LogP contribution in [0.25, 0.3) is 0 Å². The molecule has 0 radical (unpaired) electrons. The molecule has 1 fully saturated rings. The molecule has 1 saturated carbocycles. The van der Waals surface area contributed by atoms with Gasteiger partial charge in [-0.05, 0) is 48.7 Å². The molecule has 0 amide bonds. The van der Waals surface area contributed by atoms with Crippen LogP contribution < -0.4 is 9.64 Å². The molecular formula is C20H16ClN3O. The molecule has 0 saturated heterocycles. The molecule has 1 aromatic heterocycles. The summed E-state index contributed by atoms with van der Waals surface area (Å²) in [6.07, 6.45) is 4.26. The van der Waals surface area contributed by atoms with Crippen molar-refractivity contribution in [2.75, 3.05) is 11.4 Å². The summed E-state index contributed by atoms with van der Waals surface area (Å²) in [6.45, 7) is 0.923. The van der Waals surface area contributed by atoms with Gasteiger partial charge in [0.2, 0.25) is 5.28 Å². The van der Waals surface area contributed by atoms with Gasteiger partial charge in [0.15, 0.2) is 0 Å². The summed E-state index contributed by atoms with van der Waals surface area (Å²) in [7, 11) is 0. The van der Waals surface area contributed by atoms with E-state index in [0.29, 0.717) is 0 Å². The highest BCUT2D eigenvalue weighted by Crippen LogP contribution is 2.57. The Kier molecular flexibility index (Phi) is 3.22. The van der Waals surface area contributed by atoms with E-state index in [0.717, 1.165) is 29.5 Å². The zero-order valence-corrected chi connectivity index (χ0v) is 14.3. The second kappa shape index (κ2) is 5.46. The largest absolute Gasteiger partial charge is 0.457 e. The van der Waals surface area contributed by atoms with Crippen LogP contribution in [-0.4, -0.2) is 16.5 Å². The van der Waals surface area contributed by atoms with E-state index in [1.54, 1.807) is 0 Å². The van der Waals surface area contributed by atoms with Gasteiger partial charge in [0.25, 0.3) is 0 Å².